The molecule has 2 aromatic rings. The topological polar surface area (TPSA) is 44.5 Å². The van der Waals surface area contributed by atoms with E-state index in [0.29, 0.717) is 16.5 Å². The number of thiophene rings is 1. The number of halogens is 2. The molecule has 19 heavy (non-hydrogen) atoms. The fourth-order valence-corrected chi connectivity index (χ4v) is 3.80. The second-order valence-corrected chi connectivity index (χ2v) is 5.99. The van der Waals surface area contributed by atoms with E-state index in [9.17, 15) is 0 Å². The van der Waals surface area contributed by atoms with E-state index in [1.54, 1.807) is 31.6 Å². The Labute approximate surface area is 129 Å². The lowest BCUT2D eigenvalue weighted by Crippen LogP contribution is -2.12. The first kappa shape index (κ1) is 14.7. The fraction of sp³-hybridized carbons (Fsp3) is 0.231. The van der Waals surface area contributed by atoms with Gasteiger partial charge in [-0.25, -0.2) is 0 Å². The molecule has 1 heterocycles. The van der Waals surface area contributed by atoms with Gasteiger partial charge in [-0.1, -0.05) is 11.6 Å². The second-order valence-electron chi connectivity index (χ2n) is 3.81. The Morgan fingerprint density at radius 1 is 1.26 bits per heavy atom. The van der Waals surface area contributed by atoms with Crippen molar-refractivity contribution in [3.8, 4) is 11.5 Å². The molecule has 0 aliphatic rings. The van der Waals surface area contributed by atoms with Crippen molar-refractivity contribution in [1.29, 1.82) is 0 Å². The molecule has 1 unspecified atom stereocenters. The van der Waals surface area contributed by atoms with Gasteiger partial charge in [0.05, 0.1) is 20.3 Å². The summed E-state index contributed by atoms with van der Waals surface area (Å²) in [4.78, 5) is 1.03. The molecule has 0 radical (unpaired) electrons. The van der Waals surface area contributed by atoms with Crippen LogP contribution in [-0.2, 0) is 0 Å². The fourth-order valence-electron chi connectivity index (χ4n) is 1.83. The average molecular weight is 363 g/mol. The maximum Gasteiger partial charge on any atom is 0.146 e. The molecule has 1 atom stereocenters. The highest BCUT2D eigenvalue weighted by molar-refractivity contribution is 9.10. The van der Waals surface area contributed by atoms with E-state index in [1.165, 1.54) is 0 Å². The van der Waals surface area contributed by atoms with Crippen LogP contribution in [0, 0.1) is 0 Å². The summed E-state index contributed by atoms with van der Waals surface area (Å²) in [7, 11) is 3.14. The number of methoxy groups -OCH3 is 2. The number of benzene rings is 1. The SMILES string of the molecule is COc1ccc(C(N)c2sccc2Br)c(OC)c1Cl. The van der Waals surface area contributed by atoms with Crippen LogP contribution >= 0.6 is 38.9 Å². The minimum atomic E-state index is -0.298. The van der Waals surface area contributed by atoms with Gasteiger partial charge in [0.25, 0.3) is 0 Å². The van der Waals surface area contributed by atoms with Crippen molar-refractivity contribution in [3.05, 3.63) is 43.5 Å². The van der Waals surface area contributed by atoms with Crippen LogP contribution in [0.4, 0.5) is 0 Å². The number of rotatable bonds is 4. The minimum Gasteiger partial charge on any atom is -0.495 e. The van der Waals surface area contributed by atoms with E-state index in [0.717, 1.165) is 14.9 Å². The third kappa shape index (κ3) is 2.74. The van der Waals surface area contributed by atoms with Crippen LogP contribution in [0.3, 0.4) is 0 Å². The van der Waals surface area contributed by atoms with E-state index in [2.05, 4.69) is 15.9 Å². The standard InChI is InChI=1S/C13H13BrClNO2S/c1-17-9-4-3-7(12(18-2)10(9)15)11(16)13-8(14)5-6-19-13/h3-6,11H,16H2,1-2H3. The van der Waals surface area contributed by atoms with E-state index in [1.807, 2.05) is 17.5 Å². The monoisotopic (exact) mass is 361 g/mol. The second kappa shape index (κ2) is 6.13. The Bertz CT molecular complexity index is 588. The molecule has 2 rings (SSSR count). The highest BCUT2D eigenvalue weighted by atomic mass is 79.9. The summed E-state index contributed by atoms with van der Waals surface area (Å²) in [6.45, 7) is 0. The highest BCUT2D eigenvalue weighted by Crippen LogP contribution is 2.42. The first-order valence-electron chi connectivity index (χ1n) is 5.49. The maximum absolute atomic E-state index is 6.30. The summed E-state index contributed by atoms with van der Waals surface area (Å²) in [5.41, 5.74) is 7.13. The summed E-state index contributed by atoms with van der Waals surface area (Å²) < 4.78 is 11.5. The van der Waals surface area contributed by atoms with Crippen molar-refractivity contribution in [2.24, 2.45) is 5.73 Å². The molecule has 3 nitrogen and oxygen atoms in total. The zero-order chi connectivity index (χ0) is 14.0. The lowest BCUT2D eigenvalue weighted by molar-refractivity contribution is 0.390. The summed E-state index contributed by atoms with van der Waals surface area (Å²) in [5, 5.41) is 2.42. The lowest BCUT2D eigenvalue weighted by atomic mass is 10.0. The summed E-state index contributed by atoms with van der Waals surface area (Å²) >= 11 is 11.3. The molecule has 1 aromatic carbocycles. The van der Waals surface area contributed by atoms with Crippen LogP contribution in [-0.4, -0.2) is 14.2 Å². The van der Waals surface area contributed by atoms with E-state index in [-0.39, 0.29) is 6.04 Å². The van der Waals surface area contributed by atoms with Gasteiger partial charge in [-0.2, -0.15) is 0 Å². The molecule has 0 aliphatic heterocycles. The number of ether oxygens (including phenoxy) is 2. The van der Waals surface area contributed by atoms with Crippen LogP contribution < -0.4 is 15.2 Å². The minimum absolute atomic E-state index is 0.298. The van der Waals surface area contributed by atoms with Gasteiger partial charge in [0, 0.05) is 14.9 Å². The zero-order valence-corrected chi connectivity index (χ0v) is 13.6. The summed E-state index contributed by atoms with van der Waals surface area (Å²) in [6.07, 6.45) is 0. The van der Waals surface area contributed by atoms with Gasteiger partial charge in [-0.05, 0) is 39.5 Å². The van der Waals surface area contributed by atoms with E-state index in [4.69, 9.17) is 26.8 Å². The van der Waals surface area contributed by atoms with Crippen LogP contribution in [0.15, 0.2) is 28.1 Å². The first-order chi connectivity index (χ1) is 9.10. The predicted octanol–water partition coefficient (Wildman–Crippen LogP) is 4.23. The molecular formula is C13H13BrClNO2S. The molecule has 0 spiro atoms. The lowest BCUT2D eigenvalue weighted by Gasteiger charge is -2.17. The van der Waals surface area contributed by atoms with E-state index < -0.39 is 0 Å². The third-order valence-corrected chi connectivity index (χ3v) is 5.09. The molecule has 0 saturated heterocycles. The number of hydrogen-bond donors (Lipinski definition) is 1. The Hall–Kier alpha value is -0.750. The van der Waals surface area contributed by atoms with Gasteiger partial charge >= 0.3 is 0 Å². The largest absolute Gasteiger partial charge is 0.495 e. The highest BCUT2D eigenvalue weighted by Gasteiger charge is 2.21. The molecular weight excluding hydrogens is 350 g/mol. The van der Waals surface area contributed by atoms with Crippen molar-refractivity contribution in [2.45, 2.75) is 6.04 Å². The van der Waals surface area contributed by atoms with Gasteiger partial charge in [0.15, 0.2) is 0 Å². The van der Waals surface area contributed by atoms with Gasteiger partial charge in [0.2, 0.25) is 0 Å². The van der Waals surface area contributed by atoms with Gasteiger partial charge in [0.1, 0.15) is 16.5 Å². The quantitative estimate of drug-likeness (QED) is 0.885. The normalized spacial score (nSPS) is 12.3. The molecule has 0 amide bonds. The Kier molecular flexibility index (Phi) is 4.73. The molecule has 0 aliphatic carbocycles. The van der Waals surface area contributed by atoms with Crippen LogP contribution in [0.2, 0.25) is 5.02 Å². The van der Waals surface area contributed by atoms with Crippen LogP contribution in [0.25, 0.3) is 0 Å². The molecule has 102 valence electrons. The average Bonchev–Trinajstić information content (AvgIpc) is 2.83. The van der Waals surface area contributed by atoms with Gasteiger partial charge in [-0.3, -0.25) is 0 Å². The van der Waals surface area contributed by atoms with Gasteiger partial charge in [-0.15, -0.1) is 11.3 Å². The van der Waals surface area contributed by atoms with Crippen molar-refractivity contribution < 1.29 is 9.47 Å². The summed E-state index contributed by atoms with van der Waals surface area (Å²) in [6, 6.07) is 5.34. The number of hydrogen-bond acceptors (Lipinski definition) is 4. The predicted molar refractivity (Wildman–Crippen MR) is 82.6 cm³/mol. The Balaban J connectivity index is 2.51. The molecule has 0 fully saturated rings. The third-order valence-electron chi connectivity index (χ3n) is 2.78. The Morgan fingerprint density at radius 3 is 2.53 bits per heavy atom. The zero-order valence-electron chi connectivity index (χ0n) is 10.4. The van der Waals surface area contributed by atoms with Crippen molar-refractivity contribution in [1.82, 2.24) is 0 Å². The van der Waals surface area contributed by atoms with Crippen molar-refractivity contribution in [3.63, 3.8) is 0 Å². The van der Waals surface area contributed by atoms with Gasteiger partial charge < -0.3 is 15.2 Å². The van der Waals surface area contributed by atoms with Crippen molar-refractivity contribution >= 4 is 38.9 Å². The van der Waals surface area contributed by atoms with E-state index >= 15 is 0 Å². The molecule has 1 aromatic heterocycles. The molecule has 0 bridgehead atoms. The molecule has 0 saturated carbocycles. The maximum atomic E-state index is 6.30. The number of nitrogens with two attached hydrogens (primary N) is 1. The smallest absolute Gasteiger partial charge is 0.146 e. The Morgan fingerprint density at radius 2 is 2.00 bits per heavy atom. The van der Waals surface area contributed by atoms with Crippen LogP contribution in [0.5, 0.6) is 11.5 Å². The molecule has 6 heteroatoms. The van der Waals surface area contributed by atoms with Crippen molar-refractivity contribution in [2.75, 3.05) is 14.2 Å². The summed E-state index contributed by atoms with van der Waals surface area (Å²) in [5.74, 6) is 1.12. The first-order valence-corrected chi connectivity index (χ1v) is 7.54. The van der Waals surface area contributed by atoms with Crippen LogP contribution in [0.1, 0.15) is 16.5 Å². The molecule has 2 N–H and O–H groups in total.